The second-order valence-electron chi connectivity index (χ2n) is 3.33. The van der Waals surface area contributed by atoms with Crippen molar-refractivity contribution in [2.75, 3.05) is 13.7 Å². The van der Waals surface area contributed by atoms with E-state index in [0.717, 1.165) is 6.07 Å². The molecule has 3 N–H and O–H groups in total. The summed E-state index contributed by atoms with van der Waals surface area (Å²) < 4.78 is 4.90. The Bertz CT molecular complexity index is 516. The smallest absolute Gasteiger partial charge is 0.278 e. The van der Waals surface area contributed by atoms with Gasteiger partial charge in [0.25, 0.3) is 11.6 Å². The Morgan fingerprint density at radius 1 is 1.47 bits per heavy atom. The Kier molecular flexibility index (Phi) is 4.77. The number of hydroxylamine groups is 1. The first-order valence-corrected chi connectivity index (χ1v) is 4.98. The number of primary amides is 1. The van der Waals surface area contributed by atoms with E-state index in [2.05, 4.69) is 4.84 Å². The van der Waals surface area contributed by atoms with Gasteiger partial charge in [0.05, 0.1) is 17.6 Å². The summed E-state index contributed by atoms with van der Waals surface area (Å²) in [5.74, 6) is -1.43. The molecule has 1 aromatic carbocycles. The van der Waals surface area contributed by atoms with E-state index < -0.39 is 23.3 Å². The molecule has 0 fully saturated rings. The largest absolute Gasteiger partial charge is 0.496 e. The van der Waals surface area contributed by atoms with Crippen LogP contribution in [-0.2, 0) is 9.63 Å². The number of nitrogens with zero attached hydrogens (tertiary/aromatic N) is 1. The van der Waals surface area contributed by atoms with E-state index in [4.69, 9.17) is 10.5 Å². The van der Waals surface area contributed by atoms with E-state index in [1.165, 1.54) is 19.2 Å². The summed E-state index contributed by atoms with van der Waals surface area (Å²) in [5.41, 5.74) is 6.36. The Balaban J connectivity index is 2.89. The van der Waals surface area contributed by atoms with Crippen LogP contribution < -0.4 is 16.0 Å². The highest BCUT2D eigenvalue weighted by molar-refractivity contribution is 5.97. The number of hydrogen-bond acceptors (Lipinski definition) is 6. The van der Waals surface area contributed by atoms with Gasteiger partial charge in [-0.15, -0.1) is 0 Å². The molecule has 1 aromatic rings. The first kappa shape index (κ1) is 14.4. The van der Waals surface area contributed by atoms with Crippen molar-refractivity contribution in [1.29, 1.82) is 0 Å². The number of nitro benzene ring substituents is 1. The fraction of sp³-hybridized carbons (Fsp3) is 0.200. The number of methoxy groups -OCH3 is 1. The molecule has 2 amide bonds. The quantitative estimate of drug-likeness (QED) is 0.540. The summed E-state index contributed by atoms with van der Waals surface area (Å²) in [7, 11) is 1.31. The molecule has 19 heavy (non-hydrogen) atoms. The molecule has 9 nitrogen and oxygen atoms in total. The van der Waals surface area contributed by atoms with Gasteiger partial charge >= 0.3 is 0 Å². The maximum absolute atomic E-state index is 11.7. The molecule has 0 aliphatic carbocycles. The van der Waals surface area contributed by atoms with Crippen molar-refractivity contribution >= 4 is 17.5 Å². The van der Waals surface area contributed by atoms with Crippen molar-refractivity contribution in [2.45, 2.75) is 0 Å². The van der Waals surface area contributed by atoms with Crippen LogP contribution in [0.3, 0.4) is 0 Å². The standard InChI is InChI=1S/C10H11N3O6/c1-18-8-3-2-6(13(16)17)4-7(8)10(15)12-19-5-9(11)14/h2-4H,5H2,1H3,(H2,11,14)(H,12,15). The van der Waals surface area contributed by atoms with Crippen LogP contribution in [0.25, 0.3) is 0 Å². The summed E-state index contributed by atoms with van der Waals surface area (Å²) in [6.07, 6.45) is 0. The summed E-state index contributed by atoms with van der Waals surface area (Å²) >= 11 is 0. The number of nitrogens with two attached hydrogens (primary N) is 1. The van der Waals surface area contributed by atoms with Gasteiger partial charge in [-0.1, -0.05) is 0 Å². The summed E-state index contributed by atoms with van der Waals surface area (Å²) in [6, 6.07) is 3.50. The first-order valence-electron chi connectivity index (χ1n) is 4.98. The highest BCUT2D eigenvalue weighted by Crippen LogP contribution is 2.23. The van der Waals surface area contributed by atoms with Gasteiger partial charge < -0.3 is 10.5 Å². The number of benzene rings is 1. The molecule has 0 saturated heterocycles. The Hall–Kier alpha value is -2.68. The number of nitro groups is 1. The monoisotopic (exact) mass is 269 g/mol. The SMILES string of the molecule is COc1ccc([N+](=O)[O-])cc1C(=O)NOCC(N)=O. The van der Waals surface area contributed by atoms with Crippen LogP contribution in [0.1, 0.15) is 10.4 Å². The van der Waals surface area contributed by atoms with E-state index in [1.807, 2.05) is 5.48 Å². The van der Waals surface area contributed by atoms with E-state index in [0.29, 0.717) is 0 Å². The average molecular weight is 269 g/mol. The zero-order chi connectivity index (χ0) is 14.4. The van der Waals surface area contributed by atoms with Crippen LogP contribution in [0.2, 0.25) is 0 Å². The number of nitrogens with one attached hydrogen (secondary N) is 1. The second-order valence-corrected chi connectivity index (χ2v) is 3.33. The highest BCUT2D eigenvalue weighted by Gasteiger charge is 2.17. The number of carbonyl (C=O) groups is 2. The van der Waals surface area contributed by atoms with Gasteiger partial charge in [0, 0.05) is 12.1 Å². The first-order chi connectivity index (χ1) is 8.95. The van der Waals surface area contributed by atoms with Crippen LogP contribution in [-0.4, -0.2) is 30.5 Å². The number of rotatable bonds is 6. The van der Waals surface area contributed by atoms with Gasteiger partial charge in [-0.3, -0.25) is 24.5 Å². The van der Waals surface area contributed by atoms with E-state index in [1.54, 1.807) is 0 Å². The highest BCUT2D eigenvalue weighted by atomic mass is 16.7. The lowest BCUT2D eigenvalue weighted by Crippen LogP contribution is -2.29. The Morgan fingerprint density at radius 3 is 2.68 bits per heavy atom. The predicted molar refractivity (Wildman–Crippen MR) is 62.3 cm³/mol. The lowest BCUT2D eigenvalue weighted by Gasteiger charge is -2.08. The van der Waals surface area contributed by atoms with Crippen molar-refractivity contribution in [3.8, 4) is 5.75 Å². The van der Waals surface area contributed by atoms with Crippen molar-refractivity contribution in [2.24, 2.45) is 5.73 Å². The van der Waals surface area contributed by atoms with Gasteiger partial charge in [0.15, 0.2) is 6.61 Å². The maximum atomic E-state index is 11.7. The zero-order valence-corrected chi connectivity index (χ0v) is 9.91. The number of amides is 2. The zero-order valence-electron chi connectivity index (χ0n) is 9.91. The third kappa shape index (κ3) is 3.92. The van der Waals surface area contributed by atoms with Crippen molar-refractivity contribution in [1.82, 2.24) is 5.48 Å². The van der Waals surface area contributed by atoms with Gasteiger partial charge in [-0.25, -0.2) is 5.48 Å². The molecule has 0 spiro atoms. The van der Waals surface area contributed by atoms with E-state index >= 15 is 0 Å². The number of carbonyl (C=O) groups excluding carboxylic acids is 2. The van der Waals surface area contributed by atoms with Crippen LogP contribution in [0.15, 0.2) is 18.2 Å². The third-order valence-electron chi connectivity index (χ3n) is 2.02. The summed E-state index contributed by atoms with van der Waals surface area (Å²) in [5, 5.41) is 10.6. The molecule has 0 unspecified atom stereocenters. The molecular formula is C10H11N3O6. The van der Waals surface area contributed by atoms with Crippen LogP contribution in [0, 0.1) is 10.1 Å². The molecule has 102 valence electrons. The summed E-state index contributed by atoms with van der Waals surface area (Å²) in [4.78, 5) is 36.6. The fourth-order valence-corrected chi connectivity index (χ4v) is 1.21. The van der Waals surface area contributed by atoms with Gasteiger partial charge in [0.1, 0.15) is 5.75 Å². The molecule has 0 aromatic heterocycles. The Labute approximate surface area is 107 Å². The molecule has 1 rings (SSSR count). The Morgan fingerprint density at radius 2 is 2.16 bits per heavy atom. The number of non-ortho nitro benzene ring substituents is 1. The van der Waals surface area contributed by atoms with Crippen molar-refractivity contribution in [3.05, 3.63) is 33.9 Å². The molecule has 0 aliphatic heterocycles. The minimum Gasteiger partial charge on any atom is -0.496 e. The second kappa shape index (κ2) is 6.31. The molecule has 0 radical (unpaired) electrons. The van der Waals surface area contributed by atoms with Crippen LogP contribution >= 0.6 is 0 Å². The number of hydrogen-bond donors (Lipinski definition) is 2. The van der Waals surface area contributed by atoms with Crippen molar-refractivity contribution in [3.63, 3.8) is 0 Å². The maximum Gasteiger partial charge on any atom is 0.278 e. The van der Waals surface area contributed by atoms with Crippen molar-refractivity contribution < 1.29 is 24.1 Å². The minimum absolute atomic E-state index is 0.0961. The predicted octanol–water partition coefficient (Wildman–Crippen LogP) is -0.250. The third-order valence-corrected chi connectivity index (χ3v) is 2.02. The molecule has 0 heterocycles. The van der Waals surface area contributed by atoms with E-state index in [-0.39, 0.29) is 17.0 Å². The fourth-order valence-electron chi connectivity index (χ4n) is 1.21. The molecular weight excluding hydrogens is 258 g/mol. The van der Waals surface area contributed by atoms with Crippen LogP contribution in [0.5, 0.6) is 5.75 Å². The van der Waals surface area contributed by atoms with Gasteiger partial charge in [-0.05, 0) is 6.07 Å². The molecule has 0 saturated carbocycles. The average Bonchev–Trinajstić information content (AvgIpc) is 2.37. The molecule has 9 heteroatoms. The van der Waals surface area contributed by atoms with Crippen LogP contribution in [0.4, 0.5) is 5.69 Å². The summed E-state index contributed by atoms with van der Waals surface area (Å²) in [6.45, 7) is -0.511. The normalized spacial score (nSPS) is 9.74. The van der Waals surface area contributed by atoms with E-state index in [9.17, 15) is 19.7 Å². The molecule has 0 atom stereocenters. The lowest BCUT2D eigenvalue weighted by atomic mass is 10.1. The molecule has 0 bridgehead atoms. The number of ether oxygens (including phenoxy) is 1. The topological polar surface area (TPSA) is 134 Å². The minimum atomic E-state index is -0.790. The van der Waals surface area contributed by atoms with Gasteiger partial charge in [0.2, 0.25) is 5.91 Å². The lowest BCUT2D eigenvalue weighted by molar-refractivity contribution is -0.384. The van der Waals surface area contributed by atoms with Gasteiger partial charge in [-0.2, -0.15) is 0 Å². The molecule has 0 aliphatic rings.